The normalized spacial score (nSPS) is 10.3. The van der Waals surface area contributed by atoms with Gasteiger partial charge in [-0.25, -0.2) is 0 Å². The van der Waals surface area contributed by atoms with E-state index in [0.717, 1.165) is 18.7 Å². The van der Waals surface area contributed by atoms with E-state index < -0.39 is 0 Å². The lowest BCUT2D eigenvalue weighted by molar-refractivity contribution is 0.132. The van der Waals surface area contributed by atoms with Crippen LogP contribution in [0.4, 0.5) is 11.4 Å². The average Bonchev–Trinajstić information content (AvgIpc) is 2.35. The van der Waals surface area contributed by atoms with Crippen molar-refractivity contribution in [1.82, 2.24) is 0 Å². The van der Waals surface area contributed by atoms with Crippen LogP contribution in [0.25, 0.3) is 0 Å². The summed E-state index contributed by atoms with van der Waals surface area (Å²) in [5.74, 6) is 0.668. The summed E-state index contributed by atoms with van der Waals surface area (Å²) < 4.78 is 5.49. The van der Waals surface area contributed by atoms with Gasteiger partial charge in [0.2, 0.25) is 0 Å². The third-order valence-electron chi connectivity index (χ3n) is 2.63. The minimum Gasteiger partial charge on any atom is -0.396 e. The van der Waals surface area contributed by atoms with Crippen LogP contribution < -0.4 is 11.1 Å². The smallest absolute Gasteiger partial charge is 0.101 e. The summed E-state index contributed by atoms with van der Waals surface area (Å²) in [5, 5.41) is 12.0. The molecule has 1 aromatic carbocycles. The maximum atomic E-state index is 8.85. The number of nitrogens with zero attached hydrogens (tertiary/aromatic N) is 1. The molecular formula is C14H21N3O. The molecule has 0 atom stereocenters. The van der Waals surface area contributed by atoms with E-state index >= 15 is 0 Å². The van der Waals surface area contributed by atoms with Gasteiger partial charge in [-0.05, 0) is 24.5 Å². The van der Waals surface area contributed by atoms with Crippen LogP contribution in [0.2, 0.25) is 0 Å². The van der Waals surface area contributed by atoms with Crippen LogP contribution in [0.3, 0.4) is 0 Å². The van der Waals surface area contributed by atoms with Crippen molar-refractivity contribution in [2.75, 3.05) is 30.8 Å². The highest BCUT2D eigenvalue weighted by Crippen LogP contribution is 2.21. The van der Waals surface area contributed by atoms with Crippen LogP contribution in [-0.4, -0.2) is 19.8 Å². The van der Waals surface area contributed by atoms with Gasteiger partial charge in [0.15, 0.2) is 0 Å². The second-order valence-corrected chi connectivity index (χ2v) is 4.60. The van der Waals surface area contributed by atoms with Crippen molar-refractivity contribution in [3.05, 3.63) is 23.8 Å². The van der Waals surface area contributed by atoms with Gasteiger partial charge in [0.1, 0.15) is 6.07 Å². The molecule has 0 aromatic heterocycles. The van der Waals surface area contributed by atoms with Crippen molar-refractivity contribution < 1.29 is 4.74 Å². The molecule has 0 saturated carbocycles. The molecule has 0 heterocycles. The third-order valence-corrected chi connectivity index (χ3v) is 2.63. The van der Waals surface area contributed by atoms with Crippen LogP contribution in [0, 0.1) is 17.2 Å². The number of rotatable bonds is 7. The van der Waals surface area contributed by atoms with Crippen LogP contribution in [0.1, 0.15) is 25.8 Å². The Labute approximate surface area is 109 Å². The minimum absolute atomic E-state index is 0.501. The molecule has 4 nitrogen and oxygen atoms in total. The second-order valence-electron chi connectivity index (χ2n) is 4.60. The summed E-state index contributed by atoms with van der Waals surface area (Å²) in [7, 11) is 0. The number of nitrogens with two attached hydrogens (primary N) is 1. The fraction of sp³-hybridized carbons (Fsp3) is 0.500. The van der Waals surface area contributed by atoms with Crippen molar-refractivity contribution in [2.45, 2.75) is 20.3 Å². The summed E-state index contributed by atoms with van der Waals surface area (Å²) in [5.41, 5.74) is 7.64. The first-order valence-electron chi connectivity index (χ1n) is 6.25. The Hall–Kier alpha value is -1.73. The second kappa shape index (κ2) is 7.57. The van der Waals surface area contributed by atoms with E-state index in [1.54, 1.807) is 6.07 Å². The van der Waals surface area contributed by atoms with Gasteiger partial charge < -0.3 is 15.8 Å². The summed E-state index contributed by atoms with van der Waals surface area (Å²) in [6.45, 7) is 6.47. The number of hydrogen-bond donors (Lipinski definition) is 2. The Morgan fingerprint density at radius 1 is 1.39 bits per heavy atom. The molecule has 0 spiro atoms. The molecule has 3 N–H and O–H groups in total. The maximum Gasteiger partial charge on any atom is 0.101 e. The molecule has 0 aliphatic heterocycles. The molecule has 98 valence electrons. The zero-order valence-corrected chi connectivity index (χ0v) is 11.1. The topological polar surface area (TPSA) is 71.1 Å². The van der Waals surface area contributed by atoms with E-state index in [4.69, 9.17) is 15.7 Å². The Morgan fingerprint density at radius 2 is 2.17 bits per heavy atom. The van der Waals surface area contributed by atoms with Crippen molar-refractivity contribution in [2.24, 2.45) is 5.92 Å². The largest absolute Gasteiger partial charge is 0.396 e. The minimum atomic E-state index is 0.501. The molecule has 0 amide bonds. The van der Waals surface area contributed by atoms with Crippen molar-refractivity contribution >= 4 is 11.4 Å². The van der Waals surface area contributed by atoms with Crippen molar-refractivity contribution in [3.8, 4) is 6.07 Å². The molecule has 0 unspecified atom stereocenters. The van der Waals surface area contributed by atoms with Gasteiger partial charge in [-0.15, -0.1) is 0 Å². The highest BCUT2D eigenvalue weighted by molar-refractivity contribution is 5.72. The SMILES string of the molecule is CC(C)CCOCCNc1cccc(C#N)c1N. The van der Waals surface area contributed by atoms with Gasteiger partial charge in [-0.1, -0.05) is 19.9 Å². The predicted molar refractivity (Wildman–Crippen MR) is 74.3 cm³/mol. The summed E-state index contributed by atoms with van der Waals surface area (Å²) in [4.78, 5) is 0. The molecule has 0 aliphatic carbocycles. The van der Waals surface area contributed by atoms with Gasteiger partial charge in [-0.2, -0.15) is 5.26 Å². The van der Waals surface area contributed by atoms with Crippen LogP contribution in [0.5, 0.6) is 0 Å². The Morgan fingerprint density at radius 3 is 2.83 bits per heavy atom. The number of para-hydroxylation sites is 1. The summed E-state index contributed by atoms with van der Waals surface area (Å²) >= 11 is 0. The first-order chi connectivity index (χ1) is 8.65. The molecule has 0 radical (unpaired) electrons. The van der Waals surface area contributed by atoms with Crippen LogP contribution in [-0.2, 0) is 4.74 Å². The third kappa shape index (κ3) is 4.64. The van der Waals surface area contributed by atoms with E-state index in [9.17, 15) is 0 Å². The number of ether oxygens (including phenoxy) is 1. The fourth-order valence-electron chi connectivity index (χ4n) is 1.50. The van der Waals surface area contributed by atoms with Gasteiger partial charge in [0, 0.05) is 13.2 Å². The lowest BCUT2D eigenvalue weighted by Gasteiger charge is -2.11. The predicted octanol–water partition coefficient (Wildman–Crippen LogP) is 2.62. The number of nitriles is 1. The standard InChI is InChI=1S/C14H21N3O/c1-11(2)6-8-18-9-7-17-13-5-3-4-12(10-15)14(13)16/h3-5,11,17H,6-9,16H2,1-2H3. The number of anilines is 2. The molecule has 0 fully saturated rings. The maximum absolute atomic E-state index is 8.85. The van der Waals surface area contributed by atoms with E-state index in [0.29, 0.717) is 30.3 Å². The molecule has 1 aromatic rings. The highest BCUT2D eigenvalue weighted by atomic mass is 16.5. The Balaban J connectivity index is 2.30. The number of benzene rings is 1. The van der Waals surface area contributed by atoms with Gasteiger partial charge in [0.05, 0.1) is 23.5 Å². The molecule has 0 aliphatic rings. The highest BCUT2D eigenvalue weighted by Gasteiger charge is 2.03. The number of nitrogens with one attached hydrogen (secondary N) is 1. The Kier molecular flexibility index (Phi) is 6.03. The number of hydrogen-bond acceptors (Lipinski definition) is 4. The molecule has 18 heavy (non-hydrogen) atoms. The number of nitrogen functional groups attached to an aromatic ring is 1. The first kappa shape index (κ1) is 14.3. The molecule has 0 bridgehead atoms. The van der Waals surface area contributed by atoms with E-state index in [-0.39, 0.29) is 0 Å². The van der Waals surface area contributed by atoms with Gasteiger partial charge in [-0.3, -0.25) is 0 Å². The lowest BCUT2D eigenvalue weighted by Crippen LogP contribution is -2.12. The quantitative estimate of drug-likeness (QED) is 0.574. The van der Waals surface area contributed by atoms with Crippen LogP contribution in [0.15, 0.2) is 18.2 Å². The van der Waals surface area contributed by atoms with E-state index in [1.807, 2.05) is 12.1 Å². The van der Waals surface area contributed by atoms with Crippen molar-refractivity contribution in [3.63, 3.8) is 0 Å². The average molecular weight is 247 g/mol. The molecule has 0 saturated heterocycles. The molecular weight excluding hydrogens is 226 g/mol. The summed E-state index contributed by atoms with van der Waals surface area (Å²) in [6.07, 6.45) is 1.08. The first-order valence-corrected chi connectivity index (χ1v) is 6.25. The summed E-state index contributed by atoms with van der Waals surface area (Å²) in [6, 6.07) is 7.45. The monoisotopic (exact) mass is 247 g/mol. The Bertz CT molecular complexity index is 410. The van der Waals surface area contributed by atoms with Gasteiger partial charge in [0.25, 0.3) is 0 Å². The van der Waals surface area contributed by atoms with Gasteiger partial charge >= 0.3 is 0 Å². The lowest BCUT2D eigenvalue weighted by atomic mass is 10.1. The zero-order valence-electron chi connectivity index (χ0n) is 11.1. The zero-order chi connectivity index (χ0) is 13.4. The van der Waals surface area contributed by atoms with E-state index in [2.05, 4.69) is 25.2 Å². The molecule has 4 heteroatoms. The van der Waals surface area contributed by atoms with Crippen molar-refractivity contribution in [1.29, 1.82) is 5.26 Å². The van der Waals surface area contributed by atoms with E-state index in [1.165, 1.54) is 0 Å². The molecule has 1 rings (SSSR count). The van der Waals surface area contributed by atoms with Crippen LogP contribution >= 0.6 is 0 Å². The fourth-order valence-corrected chi connectivity index (χ4v) is 1.50.